The molecule has 1 aromatic rings. The summed E-state index contributed by atoms with van der Waals surface area (Å²) in [4.78, 5) is 11.7. The van der Waals surface area contributed by atoms with E-state index >= 15 is 0 Å². The summed E-state index contributed by atoms with van der Waals surface area (Å²) in [7, 11) is 0. The van der Waals surface area contributed by atoms with Crippen LogP contribution in [-0.2, 0) is 9.53 Å². The lowest BCUT2D eigenvalue weighted by atomic mass is 10.0. The van der Waals surface area contributed by atoms with Gasteiger partial charge in [0.15, 0.2) is 0 Å². The fraction of sp³-hybridized carbons (Fsp3) is 0.333. The lowest BCUT2D eigenvalue weighted by molar-refractivity contribution is -0.149. The third kappa shape index (κ3) is 2.27. The number of aliphatic hydroxyl groups is 1. The quantitative estimate of drug-likeness (QED) is 0.656. The van der Waals surface area contributed by atoms with Crippen LogP contribution in [0.2, 0.25) is 0 Å². The molecular formula is C15H17O3+. The minimum absolute atomic E-state index is 0.0990. The number of ether oxygens (including phenoxy) is 1. The first-order valence-electron chi connectivity index (χ1n) is 6.04. The number of allylic oxidation sites excluding steroid dienone is 1. The van der Waals surface area contributed by atoms with E-state index < -0.39 is 12.0 Å². The first kappa shape index (κ1) is 12.7. The predicted molar refractivity (Wildman–Crippen MR) is 69.5 cm³/mol. The molecule has 2 rings (SSSR count). The third-order valence-electron chi connectivity index (χ3n) is 3.39. The maximum Gasteiger partial charge on any atom is 0.315 e. The molecule has 0 fully saturated rings. The van der Waals surface area contributed by atoms with Crippen LogP contribution in [0.3, 0.4) is 0 Å². The molecule has 0 aromatic heterocycles. The number of carbonyl (C=O) groups excluding carboxylic acids is 1. The highest BCUT2D eigenvalue weighted by atomic mass is 16.5. The Bertz CT molecular complexity index is 462. The Labute approximate surface area is 107 Å². The summed E-state index contributed by atoms with van der Waals surface area (Å²) >= 11 is 0. The molecule has 0 unspecified atom stereocenters. The second-order valence-electron chi connectivity index (χ2n) is 4.45. The van der Waals surface area contributed by atoms with Crippen LogP contribution in [-0.4, -0.2) is 23.8 Å². The molecular weight excluding hydrogens is 228 g/mol. The van der Waals surface area contributed by atoms with Crippen molar-refractivity contribution in [2.45, 2.75) is 19.4 Å². The standard InChI is InChI=1S/C15H17O3/c1-3-18-15(17)13-9-12(10(2)14(13)16)11-7-5-4-6-8-11/h4-8,13-14,16H,1,3,9H2,2H3/q+1/t13-,14-/m0/s1. The van der Waals surface area contributed by atoms with Crippen LogP contribution in [0, 0.1) is 12.8 Å². The normalized spacial score (nSPS) is 23.2. The summed E-state index contributed by atoms with van der Waals surface area (Å²) in [6.07, 6.45) is -0.227. The zero-order valence-electron chi connectivity index (χ0n) is 10.4. The molecule has 2 atom stereocenters. The van der Waals surface area contributed by atoms with E-state index in [4.69, 9.17) is 4.74 Å². The Morgan fingerprint density at radius 3 is 2.72 bits per heavy atom. The molecule has 0 saturated carbocycles. The number of hydrogen-bond donors (Lipinski definition) is 1. The second-order valence-corrected chi connectivity index (χ2v) is 4.45. The average molecular weight is 245 g/mol. The molecule has 1 aliphatic carbocycles. The largest absolute Gasteiger partial charge is 0.423 e. The molecule has 1 aromatic carbocycles. The predicted octanol–water partition coefficient (Wildman–Crippen LogP) is 2.22. The van der Waals surface area contributed by atoms with Gasteiger partial charge >= 0.3 is 5.97 Å². The summed E-state index contributed by atoms with van der Waals surface area (Å²) in [5, 5.41) is 10.1. The van der Waals surface area contributed by atoms with Crippen molar-refractivity contribution in [2.24, 2.45) is 5.92 Å². The van der Waals surface area contributed by atoms with Gasteiger partial charge in [0.05, 0.1) is 12.0 Å². The molecule has 1 N–H and O–H groups in total. The molecule has 94 valence electrons. The summed E-state index contributed by atoms with van der Waals surface area (Å²) in [6, 6.07) is 9.81. The number of carbonyl (C=O) groups is 1. The highest BCUT2D eigenvalue weighted by molar-refractivity contribution is 5.82. The molecule has 3 heteroatoms. The molecule has 0 spiro atoms. The zero-order valence-corrected chi connectivity index (χ0v) is 10.4. The Balaban J connectivity index is 2.22. The van der Waals surface area contributed by atoms with Gasteiger partial charge in [-0.3, -0.25) is 4.79 Å². The molecule has 0 bridgehead atoms. The van der Waals surface area contributed by atoms with Crippen molar-refractivity contribution in [2.75, 3.05) is 6.61 Å². The van der Waals surface area contributed by atoms with Gasteiger partial charge in [0.1, 0.15) is 6.92 Å². The molecule has 1 aliphatic rings. The molecule has 0 amide bonds. The molecule has 0 heterocycles. The van der Waals surface area contributed by atoms with Crippen LogP contribution in [0.25, 0.3) is 5.57 Å². The Morgan fingerprint density at radius 1 is 1.44 bits per heavy atom. The van der Waals surface area contributed by atoms with Crippen molar-refractivity contribution in [3.05, 3.63) is 48.4 Å². The number of rotatable bonds is 3. The van der Waals surface area contributed by atoms with Gasteiger partial charge < -0.3 is 9.84 Å². The fourth-order valence-electron chi connectivity index (χ4n) is 2.38. The third-order valence-corrected chi connectivity index (χ3v) is 3.39. The van der Waals surface area contributed by atoms with Crippen LogP contribution in [0.4, 0.5) is 0 Å². The van der Waals surface area contributed by atoms with Crippen LogP contribution >= 0.6 is 0 Å². The van der Waals surface area contributed by atoms with Crippen LogP contribution in [0.5, 0.6) is 0 Å². The molecule has 0 aliphatic heterocycles. The zero-order chi connectivity index (χ0) is 13.1. The van der Waals surface area contributed by atoms with E-state index in [1.807, 2.05) is 37.3 Å². The second kappa shape index (κ2) is 5.27. The fourth-order valence-corrected chi connectivity index (χ4v) is 2.38. The monoisotopic (exact) mass is 245 g/mol. The van der Waals surface area contributed by atoms with E-state index in [0.29, 0.717) is 6.42 Å². The van der Waals surface area contributed by atoms with E-state index in [1.165, 1.54) is 0 Å². The van der Waals surface area contributed by atoms with Crippen molar-refractivity contribution in [1.29, 1.82) is 0 Å². The van der Waals surface area contributed by atoms with Gasteiger partial charge in [0, 0.05) is 0 Å². The van der Waals surface area contributed by atoms with Gasteiger partial charge in [-0.15, -0.1) is 0 Å². The van der Waals surface area contributed by atoms with Crippen molar-refractivity contribution in [3.63, 3.8) is 0 Å². The minimum Gasteiger partial charge on any atom is -0.423 e. The van der Waals surface area contributed by atoms with E-state index in [9.17, 15) is 9.90 Å². The van der Waals surface area contributed by atoms with E-state index in [0.717, 1.165) is 16.7 Å². The maximum absolute atomic E-state index is 11.7. The molecule has 3 nitrogen and oxygen atoms in total. The topological polar surface area (TPSA) is 46.5 Å². The summed E-state index contributed by atoms with van der Waals surface area (Å²) < 4.78 is 4.89. The van der Waals surface area contributed by atoms with Crippen molar-refractivity contribution in [3.8, 4) is 0 Å². The first-order chi connectivity index (χ1) is 8.65. The Hall–Kier alpha value is -1.74. The van der Waals surface area contributed by atoms with Crippen LogP contribution in [0.1, 0.15) is 18.9 Å². The van der Waals surface area contributed by atoms with Gasteiger partial charge in [-0.2, -0.15) is 0 Å². The highest BCUT2D eigenvalue weighted by Crippen LogP contribution is 2.38. The first-order valence-corrected chi connectivity index (χ1v) is 6.04. The van der Waals surface area contributed by atoms with Gasteiger partial charge in [-0.25, -0.2) is 0 Å². The van der Waals surface area contributed by atoms with Crippen molar-refractivity contribution >= 4 is 11.5 Å². The maximum atomic E-state index is 11.7. The smallest absolute Gasteiger partial charge is 0.315 e. The molecule has 0 saturated heterocycles. The van der Waals surface area contributed by atoms with E-state index in [-0.39, 0.29) is 12.6 Å². The van der Waals surface area contributed by atoms with Gasteiger partial charge in [0.25, 0.3) is 0 Å². The number of hydrogen-bond acceptors (Lipinski definition) is 3. The average Bonchev–Trinajstić information content (AvgIpc) is 2.68. The lowest BCUT2D eigenvalue weighted by Crippen LogP contribution is -2.26. The highest BCUT2D eigenvalue weighted by Gasteiger charge is 2.37. The molecule has 18 heavy (non-hydrogen) atoms. The van der Waals surface area contributed by atoms with Gasteiger partial charge in [-0.1, -0.05) is 30.3 Å². The number of esters is 1. The summed E-state index contributed by atoms with van der Waals surface area (Å²) in [5.41, 5.74) is 2.94. The van der Waals surface area contributed by atoms with Gasteiger partial charge in [-0.05, 0) is 30.1 Å². The van der Waals surface area contributed by atoms with E-state index in [2.05, 4.69) is 6.92 Å². The SMILES string of the molecule is [CH2+]COC(=O)[C@H]1CC(c2ccccc2)=C(C)[C@@H]1O. The lowest BCUT2D eigenvalue weighted by Gasteiger charge is -2.12. The van der Waals surface area contributed by atoms with E-state index in [1.54, 1.807) is 0 Å². The minimum atomic E-state index is -0.751. The van der Waals surface area contributed by atoms with Crippen LogP contribution < -0.4 is 0 Å². The summed E-state index contributed by atoms with van der Waals surface area (Å²) in [6.45, 7) is 5.44. The van der Waals surface area contributed by atoms with Crippen molar-refractivity contribution in [1.82, 2.24) is 0 Å². The molecule has 0 radical (unpaired) electrons. The summed E-state index contributed by atoms with van der Waals surface area (Å²) in [5.74, 6) is -0.871. The number of aliphatic hydroxyl groups excluding tert-OH is 1. The van der Waals surface area contributed by atoms with Crippen molar-refractivity contribution < 1.29 is 14.6 Å². The van der Waals surface area contributed by atoms with Gasteiger partial charge in [0.2, 0.25) is 6.61 Å². The Kier molecular flexibility index (Phi) is 3.72. The number of benzene rings is 1. The van der Waals surface area contributed by atoms with Crippen LogP contribution in [0.15, 0.2) is 35.9 Å². The Morgan fingerprint density at radius 2 is 2.11 bits per heavy atom.